The molecule has 1 atom stereocenters. The number of phenols is 1. The molecule has 0 bridgehead atoms. The third-order valence-corrected chi connectivity index (χ3v) is 2.57. The Kier molecular flexibility index (Phi) is 4.76. The van der Waals surface area contributed by atoms with Gasteiger partial charge in [0.2, 0.25) is 0 Å². The molecule has 1 N–H and O–H groups in total. The monoisotopic (exact) mass is 234 g/mol. The zero-order chi connectivity index (χ0) is 12.8. The molecule has 0 radical (unpaired) electrons. The molecule has 0 aliphatic carbocycles. The molecule has 0 saturated carbocycles. The molecule has 0 heterocycles. The second-order valence-corrected chi connectivity index (χ2v) is 4.00. The highest BCUT2D eigenvalue weighted by Gasteiger charge is 2.17. The van der Waals surface area contributed by atoms with E-state index in [1.165, 1.54) is 0 Å². The SMILES string of the molecule is C=C(C)C(CC(=O)OCC)c1ccc(O)cc1. The van der Waals surface area contributed by atoms with E-state index in [2.05, 4.69) is 6.58 Å². The van der Waals surface area contributed by atoms with Gasteiger partial charge in [0.15, 0.2) is 0 Å². The summed E-state index contributed by atoms with van der Waals surface area (Å²) in [5.41, 5.74) is 1.87. The van der Waals surface area contributed by atoms with Crippen LogP contribution in [0.15, 0.2) is 36.4 Å². The van der Waals surface area contributed by atoms with E-state index in [9.17, 15) is 9.90 Å². The Morgan fingerprint density at radius 2 is 2.00 bits per heavy atom. The van der Waals surface area contributed by atoms with Crippen LogP contribution < -0.4 is 0 Å². The van der Waals surface area contributed by atoms with Gasteiger partial charge in [0, 0.05) is 5.92 Å². The molecule has 0 fully saturated rings. The summed E-state index contributed by atoms with van der Waals surface area (Å²) < 4.78 is 4.94. The van der Waals surface area contributed by atoms with Crippen LogP contribution in [-0.4, -0.2) is 17.7 Å². The van der Waals surface area contributed by atoms with Crippen molar-refractivity contribution >= 4 is 5.97 Å². The van der Waals surface area contributed by atoms with E-state index < -0.39 is 0 Å². The van der Waals surface area contributed by atoms with Gasteiger partial charge in [-0.15, -0.1) is 0 Å². The van der Waals surface area contributed by atoms with Gasteiger partial charge < -0.3 is 9.84 Å². The first-order chi connectivity index (χ1) is 8.04. The van der Waals surface area contributed by atoms with Crippen molar-refractivity contribution in [2.45, 2.75) is 26.2 Å². The van der Waals surface area contributed by atoms with Gasteiger partial charge >= 0.3 is 5.97 Å². The molecule has 17 heavy (non-hydrogen) atoms. The number of esters is 1. The first-order valence-electron chi connectivity index (χ1n) is 5.64. The van der Waals surface area contributed by atoms with E-state index in [4.69, 9.17) is 4.74 Å². The molecule has 0 aliphatic rings. The number of aromatic hydroxyl groups is 1. The number of ether oxygens (including phenoxy) is 1. The van der Waals surface area contributed by atoms with Crippen LogP contribution in [0.3, 0.4) is 0 Å². The summed E-state index contributed by atoms with van der Waals surface area (Å²) in [6.07, 6.45) is 0.286. The first-order valence-corrected chi connectivity index (χ1v) is 5.64. The van der Waals surface area contributed by atoms with Crippen LogP contribution in [0.4, 0.5) is 0 Å². The van der Waals surface area contributed by atoms with E-state index >= 15 is 0 Å². The number of hydrogen-bond acceptors (Lipinski definition) is 3. The van der Waals surface area contributed by atoms with Crippen molar-refractivity contribution in [1.29, 1.82) is 0 Å². The van der Waals surface area contributed by atoms with Crippen molar-refractivity contribution in [2.24, 2.45) is 0 Å². The van der Waals surface area contributed by atoms with Crippen LogP contribution in [0.2, 0.25) is 0 Å². The molecule has 0 saturated heterocycles. The number of carbonyl (C=O) groups excluding carboxylic acids is 1. The Morgan fingerprint density at radius 1 is 1.41 bits per heavy atom. The summed E-state index contributed by atoms with van der Waals surface area (Å²) in [7, 11) is 0. The first kappa shape index (κ1) is 13.3. The average molecular weight is 234 g/mol. The number of allylic oxidation sites excluding steroid dienone is 1. The minimum absolute atomic E-state index is 0.0605. The summed E-state index contributed by atoms with van der Waals surface area (Å²) in [5.74, 6) is -0.0754. The van der Waals surface area contributed by atoms with Crippen molar-refractivity contribution in [1.82, 2.24) is 0 Å². The van der Waals surface area contributed by atoms with Gasteiger partial charge in [0.25, 0.3) is 0 Å². The van der Waals surface area contributed by atoms with Crippen LogP contribution in [0.5, 0.6) is 5.75 Å². The predicted octanol–water partition coefficient (Wildman–Crippen LogP) is 3.01. The number of phenolic OH excluding ortho intramolecular Hbond substituents is 1. The quantitative estimate of drug-likeness (QED) is 0.629. The van der Waals surface area contributed by atoms with Crippen molar-refractivity contribution in [3.05, 3.63) is 42.0 Å². The normalized spacial score (nSPS) is 11.9. The van der Waals surface area contributed by atoms with Crippen LogP contribution in [0, 0.1) is 0 Å². The van der Waals surface area contributed by atoms with E-state index in [1.807, 2.05) is 6.92 Å². The number of carbonyl (C=O) groups is 1. The molecule has 0 aliphatic heterocycles. The lowest BCUT2D eigenvalue weighted by molar-refractivity contribution is -0.143. The average Bonchev–Trinajstić information content (AvgIpc) is 2.27. The largest absolute Gasteiger partial charge is 0.508 e. The van der Waals surface area contributed by atoms with E-state index in [0.29, 0.717) is 6.61 Å². The van der Waals surface area contributed by atoms with Crippen molar-refractivity contribution in [3.63, 3.8) is 0 Å². The van der Waals surface area contributed by atoms with Crippen molar-refractivity contribution in [3.8, 4) is 5.75 Å². The molecular weight excluding hydrogens is 216 g/mol. The van der Waals surface area contributed by atoms with Crippen LogP contribution in [-0.2, 0) is 9.53 Å². The Hall–Kier alpha value is -1.77. The van der Waals surface area contributed by atoms with Crippen LogP contribution >= 0.6 is 0 Å². The van der Waals surface area contributed by atoms with E-state index in [-0.39, 0.29) is 24.1 Å². The van der Waals surface area contributed by atoms with Crippen LogP contribution in [0.25, 0.3) is 0 Å². The van der Waals surface area contributed by atoms with Crippen LogP contribution in [0.1, 0.15) is 31.7 Å². The minimum Gasteiger partial charge on any atom is -0.508 e. The molecule has 0 aromatic heterocycles. The molecule has 1 aromatic rings. The lowest BCUT2D eigenvalue weighted by atomic mass is 9.90. The smallest absolute Gasteiger partial charge is 0.306 e. The minimum atomic E-state index is -0.228. The highest BCUT2D eigenvalue weighted by molar-refractivity contribution is 5.71. The second-order valence-electron chi connectivity index (χ2n) is 4.00. The fourth-order valence-corrected chi connectivity index (χ4v) is 1.67. The van der Waals surface area contributed by atoms with Gasteiger partial charge in [-0.3, -0.25) is 4.79 Å². The fourth-order valence-electron chi connectivity index (χ4n) is 1.67. The molecule has 1 aromatic carbocycles. The Morgan fingerprint density at radius 3 is 2.47 bits per heavy atom. The molecule has 3 heteroatoms. The number of benzene rings is 1. The Balaban J connectivity index is 2.82. The summed E-state index contributed by atoms with van der Waals surface area (Å²) in [6.45, 7) is 7.96. The standard InChI is InChI=1S/C14H18O3/c1-4-17-14(16)9-13(10(2)3)11-5-7-12(15)8-6-11/h5-8,13,15H,2,4,9H2,1,3H3. The van der Waals surface area contributed by atoms with Gasteiger partial charge in [-0.05, 0) is 31.5 Å². The lowest BCUT2D eigenvalue weighted by Crippen LogP contribution is -2.11. The summed E-state index contributed by atoms with van der Waals surface area (Å²) in [4.78, 5) is 11.5. The van der Waals surface area contributed by atoms with Gasteiger partial charge in [0.1, 0.15) is 5.75 Å². The van der Waals surface area contributed by atoms with Crippen molar-refractivity contribution < 1.29 is 14.6 Å². The molecule has 0 amide bonds. The molecule has 1 rings (SSSR count). The maximum Gasteiger partial charge on any atom is 0.306 e. The fraction of sp³-hybridized carbons (Fsp3) is 0.357. The molecule has 3 nitrogen and oxygen atoms in total. The molecule has 92 valence electrons. The molecule has 1 unspecified atom stereocenters. The molecule has 0 spiro atoms. The lowest BCUT2D eigenvalue weighted by Gasteiger charge is -2.16. The number of hydrogen-bond donors (Lipinski definition) is 1. The summed E-state index contributed by atoms with van der Waals surface area (Å²) in [5, 5.41) is 9.23. The van der Waals surface area contributed by atoms with E-state index in [1.54, 1.807) is 31.2 Å². The topological polar surface area (TPSA) is 46.5 Å². The zero-order valence-electron chi connectivity index (χ0n) is 10.3. The Labute approximate surface area is 102 Å². The van der Waals surface area contributed by atoms with Gasteiger partial charge in [-0.25, -0.2) is 0 Å². The van der Waals surface area contributed by atoms with E-state index in [0.717, 1.165) is 11.1 Å². The molecular formula is C14H18O3. The summed E-state index contributed by atoms with van der Waals surface area (Å²) >= 11 is 0. The summed E-state index contributed by atoms with van der Waals surface area (Å²) in [6, 6.07) is 6.81. The second kappa shape index (κ2) is 6.09. The van der Waals surface area contributed by atoms with Gasteiger partial charge in [-0.1, -0.05) is 24.3 Å². The zero-order valence-corrected chi connectivity index (χ0v) is 10.3. The third-order valence-electron chi connectivity index (χ3n) is 2.57. The predicted molar refractivity (Wildman–Crippen MR) is 66.9 cm³/mol. The van der Waals surface area contributed by atoms with Gasteiger partial charge in [-0.2, -0.15) is 0 Å². The van der Waals surface area contributed by atoms with Gasteiger partial charge in [0.05, 0.1) is 13.0 Å². The Bertz CT molecular complexity index is 392. The maximum absolute atomic E-state index is 11.5. The third kappa shape index (κ3) is 3.94. The highest BCUT2D eigenvalue weighted by Crippen LogP contribution is 2.28. The highest BCUT2D eigenvalue weighted by atomic mass is 16.5. The number of rotatable bonds is 5. The van der Waals surface area contributed by atoms with Crippen molar-refractivity contribution in [2.75, 3.05) is 6.61 Å². The maximum atomic E-state index is 11.5.